The first-order valence-corrected chi connectivity index (χ1v) is 7.85. The SMILES string of the molecule is NC1CCCC(C(=O)N2CCCCC2CCC(=O)O)C1. The monoisotopic (exact) mass is 282 g/mol. The van der Waals surface area contributed by atoms with Crippen molar-refractivity contribution in [3.63, 3.8) is 0 Å². The van der Waals surface area contributed by atoms with Gasteiger partial charge in [0.1, 0.15) is 0 Å². The Morgan fingerprint density at radius 1 is 1.15 bits per heavy atom. The zero-order valence-corrected chi connectivity index (χ0v) is 12.1. The number of nitrogens with zero attached hydrogens (tertiary/aromatic N) is 1. The Bertz CT molecular complexity index is 359. The van der Waals surface area contributed by atoms with E-state index in [1.165, 1.54) is 0 Å². The molecule has 0 spiro atoms. The minimum absolute atomic E-state index is 0.0594. The van der Waals surface area contributed by atoms with Gasteiger partial charge < -0.3 is 15.7 Å². The Morgan fingerprint density at radius 3 is 2.65 bits per heavy atom. The summed E-state index contributed by atoms with van der Waals surface area (Å²) in [6.07, 6.45) is 7.59. The van der Waals surface area contributed by atoms with Crippen molar-refractivity contribution in [3.8, 4) is 0 Å². The largest absolute Gasteiger partial charge is 0.481 e. The number of aliphatic carboxylic acids is 1. The number of carbonyl (C=O) groups is 2. The van der Waals surface area contributed by atoms with E-state index >= 15 is 0 Å². The van der Waals surface area contributed by atoms with Gasteiger partial charge in [-0.2, -0.15) is 0 Å². The Labute approximate surface area is 120 Å². The number of nitrogens with two attached hydrogens (primary N) is 1. The van der Waals surface area contributed by atoms with Gasteiger partial charge in [-0.25, -0.2) is 0 Å². The maximum Gasteiger partial charge on any atom is 0.303 e. The molecule has 2 fully saturated rings. The third-order valence-electron chi connectivity index (χ3n) is 4.67. The topological polar surface area (TPSA) is 83.6 Å². The van der Waals surface area contributed by atoms with E-state index in [-0.39, 0.29) is 30.3 Å². The molecule has 20 heavy (non-hydrogen) atoms. The number of carboxylic acids is 1. The molecule has 1 heterocycles. The van der Waals surface area contributed by atoms with Crippen molar-refractivity contribution in [3.05, 3.63) is 0 Å². The molecule has 5 nitrogen and oxygen atoms in total. The van der Waals surface area contributed by atoms with Gasteiger partial charge >= 0.3 is 5.97 Å². The number of hydrogen-bond donors (Lipinski definition) is 2. The molecule has 3 N–H and O–H groups in total. The Balaban J connectivity index is 1.95. The minimum Gasteiger partial charge on any atom is -0.481 e. The fourth-order valence-electron chi connectivity index (χ4n) is 3.57. The molecule has 1 saturated heterocycles. The highest BCUT2D eigenvalue weighted by atomic mass is 16.4. The van der Waals surface area contributed by atoms with Crippen LogP contribution in [0, 0.1) is 5.92 Å². The van der Waals surface area contributed by atoms with Crippen molar-refractivity contribution in [2.24, 2.45) is 11.7 Å². The van der Waals surface area contributed by atoms with Gasteiger partial charge in [-0.05, 0) is 44.9 Å². The van der Waals surface area contributed by atoms with E-state index in [2.05, 4.69) is 0 Å². The molecule has 1 aliphatic carbocycles. The van der Waals surface area contributed by atoms with E-state index in [1.54, 1.807) is 0 Å². The van der Waals surface area contributed by atoms with Gasteiger partial charge in [0.25, 0.3) is 0 Å². The van der Waals surface area contributed by atoms with Crippen LogP contribution in [0.2, 0.25) is 0 Å². The second-order valence-corrected chi connectivity index (χ2v) is 6.24. The Morgan fingerprint density at radius 2 is 1.95 bits per heavy atom. The molecule has 114 valence electrons. The first kappa shape index (κ1) is 15.3. The second kappa shape index (κ2) is 7.07. The highest BCUT2D eigenvalue weighted by molar-refractivity contribution is 5.79. The summed E-state index contributed by atoms with van der Waals surface area (Å²) in [4.78, 5) is 25.4. The molecule has 3 atom stereocenters. The summed E-state index contributed by atoms with van der Waals surface area (Å²) < 4.78 is 0. The average molecular weight is 282 g/mol. The van der Waals surface area contributed by atoms with Crippen LogP contribution < -0.4 is 5.73 Å². The second-order valence-electron chi connectivity index (χ2n) is 6.24. The van der Waals surface area contributed by atoms with Crippen LogP contribution in [-0.4, -0.2) is 40.5 Å². The van der Waals surface area contributed by atoms with E-state index in [0.29, 0.717) is 6.42 Å². The summed E-state index contributed by atoms with van der Waals surface area (Å²) >= 11 is 0. The number of amides is 1. The molecule has 0 bridgehead atoms. The molecule has 2 aliphatic rings. The third-order valence-corrected chi connectivity index (χ3v) is 4.67. The molecule has 1 saturated carbocycles. The van der Waals surface area contributed by atoms with Gasteiger partial charge in [0.2, 0.25) is 5.91 Å². The summed E-state index contributed by atoms with van der Waals surface area (Å²) in [6.45, 7) is 0.787. The lowest BCUT2D eigenvalue weighted by atomic mass is 9.84. The Hall–Kier alpha value is -1.10. The summed E-state index contributed by atoms with van der Waals surface area (Å²) in [7, 11) is 0. The van der Waals surface area contributed by atoms with Crippen molar-refractivity contribution < 1.29 is 14.7 Å². The summed E-state index contributed by atoms with van der Waals surface area (Å²) in [6, 6.07) is 0.269. The van der Waals surface area contributed by atoms with E-state index in [9.17, 15) is 9.59 Å². The van der Waals surface area contributed by atoms with E-state index in [0.717, 1.165) is 51.5 Å². The van der Waals surface area contributed by atoms with E-state index < -0.39 is 5.97 Å². The smallest absolute Gasteiger partial charge is 0.303 e. The first-order chi connectivity index (χ1) is 9.58. The lowest BCUT2D eigenvalue weighted by molar-refractivity contribution is -0.143. The zero-order chi connectivity index (χ0) is 14.5. The van der Waals surface area contributed by atoms with Crippen LogP contribution in [0.3, 0.4) is 0 Å². The quantitative estimate of drug-likeness (QED) is 0.823. The molecule has 1 aliphatic heterocycles. The summed E-state index contributed by atoms with van der Waals surface area (Å²) in [5.74, 6) is -0.498. The van der Waals surface area contributed by atoms with Crippen LogP contribution in [0.5, 0.6) is 0 Å². The van der Waals surface area contributed by atoms with E-state index in [1.807, 2.05) is 4.90 Å². The van der Waals surface area contributed by atoms with Crippen LogP contribution in [0.25, 0.3) is 0 Å². The molecular formula is C15H26N2O3. The normalized spacial score (nSPS) is 31.1. The van der Waals surface area contributed by atoms with Gasteiger partial charge in [-0.15, -0.1) is 0 Å². The van der Waals surface area contributed by atoms with Gasteiger partial charge in [0, 0.05) is 31.0 Å². The lowest BCUT2D eigenvalue weighted by Crippen LogP contribution is -2.48. The van der Waals surface area contributed by atoms with Crippen LogP contribution in [0.4, 0.5) is 0 Å². The number of carbonyl (C=O) groups excluding carboxylic acids is 1. The highest BCUT2D eigenvalue weighted by Crippen LogP contribution is 2.29. The number of piperidine rings is 1. The standard InChI is InChI=1S/C15H26N2O3/c16-12-5-3-4-11(10-12)15(20)17-9-2-1-6-13(17)7-8-14(18)19/h11-13H,1-10,16H2,(H,18,19). The minimum atomic E-state index is -0.775. The fraction of sp³-hybridized carbons (Fsp3) is 0.867. The molecule has 5 heteroatoms. The van der Waals surface area contributed by atoms with Gasteiger partial charge in [-0.1, -0.05) is 6.42 Å². The maximum atomic E-state index is 12.7. The molecule has 1 amide bonds. The van der Waals surface area contributed by atoms with Crippen molar-refractivity contribution in [2.45, 2.75) is 69.9 Å². The van der Waals surface area contributed by atoms with Gasteiger partial charge in [0.15, 0.2) is 0 Å². The van der Waals surface area contributed by atoms with Crippen molar-refractivity contribution in [1.82, 2.24) is 4.90 Å². The molecule has 0 radical (unpaired) electrons. The maximum absolute atomic E-state index is 12.7. The molecule has 2 rings (SSSR count). The van der Waals surface area contributed by atoms with Crippen molar-refractivity contribution >= 4 is 11.9 Å². The first-order valence-electron chi connectivity index (χ1n) is 7.85. The number of hydrogen-bond acceptors (Lipinski definition) is 3. The summed E-state index contributed by atoms with van der Waals surface area (Å²) in [5, 5.41) is 8.83. The van der Waals surface area contributed by atoms with Crippen molar-refractivity contribution in [1.29, 1.82) is 0 Å². The Kier molecular flexibility index (Phi) is 5.40. The zero-order valence-electron chi connectivity index (χ0n) is 12.1. The summed E-state index contributed by atoms with van der Waals surface area (Å²) in [5.41, 5.74) is 5.98. The molecule has 0 aromatic heterocycles. The predicted molar refractivity (Wildman–Crippen MR) is 76.2 cm³/mol. The number of rotatable bonds is 4. The predicted octanol–water partition coefficient (Wildman–Crippen LogP) is 1.75. The average Bonchev–Trinajstić information content (AvgIpc) is 2.44. The lowest BCUT2D eigenvalue weighted by Gasteiger charge is -2.39. The van der Waals surface area contributed by atoms with Gasteiger partial charge in [-0.3, -0.25) is 9.59 Å². The molecule has 0 aromatic rings. The van der Waals surface area contributed by atoms with Crippen LogP contribution >= 0.6 is 0 Å². The van der Waals surface area contributed by atoms with Crippen LogP contribution in [-0.2, 0) is 9.59 Å². The van der Waals surface area contributed by atoms with Gasteiger partial charge in [0.05, 0.1) is 0 Å². The highest BCUT2D eigenvalue weighted by Gasteiger charge is 2.33. The van der Waals surface area contributed by atoms with Crippen molar-refractivity contribution in [2.75, 3.05) is 6.54 Å². The van der Waals surface area contributed by atoms with E-state index in [4.69, 9.17) is 10.8 Å². The number of likely N-dealkylation sites (tertiary alicyclic amines) is 1. The molecular weight excluding hydrogens is 256 g/mol. The molecule has 3 unspecified atom stereocenters. The number of carboxylic acid groups (broad SMARTS) is 1. The molecule has 0 aromatic carbocycles. The third kappa shape index (κ3) is 3.95. The van der Waals surface area contributed by atoms with Crippen LogP contribution in [0.1, 0.15) is 57.8 Å². The van der Waals surface area contributed by atoms with Crippen LogP contribution in [0.15, 0.2) is 0 Å². The fourth-order valence-corrected chi connectivity index (χ4v) is 3.57.